The van der Waals surface area contributed by atoms with Crippen molar-refractivity contribution in [3.63, 3.8) is 0 Å². The van der Waals surface area contributed by atoms with Gasteiger partial charge in [0.1, 0.15) is 6.34 Å². The summed E-state index contributed by atoms with van der Waals surface area (Å²) in [5, 5.41) is 13.6. The van der Waals surface area contributed by atoms with Crippen LogP contribution in [0, 0.1) is 5.41 Å². The maximum Gasteiger partial charge on any atom is 0.163 e. The molecule has 1 N–H and O–H groups in total. The van der Waals surface area contributed by atoms with Gasteiger partial charge in [0.05, 0.1) is 11.0 Å². The molecule has 0 saturated heterocycles. The molecule has 2 heterocycles. The van der Waals surface area contributed by atoms with E-state index in [0.717, 1.165) is 22.2 Å². The van der Waals surface area contributed by atoms with E-state index in [2.05, 4.69) is 70.2 Å². The van der Waals surface area contributed by atoms with Crippen LogP contribution in [0.2, 0.25) is 0 Å². The molecule has 0 amide bonds. The lowest BCUT2D eigenvalue weighted by Crippen LogP contribution is -2.06. The van der Waals surface area contributed by atoms with Crippen LogP contribution in [0.3, 0.4) is 0 Å². The molecule has 0 aliphatic heterocycles. The summed E-state index contributed by atoms with van der Waals surface area (Å²) in [6, 6.07) is 40.9. The highest BCUT2D eigenvalue weighted by Gasteiger charge is 2.16. The van der Waals surface area contributed by atoms with Crippen molar-refractivity contribution in [1.82, 2.24) is 4.57 Å². The van der Waals surface area contributed by atoms with Crippen molar-refractivity contribution in [3.8, 4) is 0 Å². The molecule has 0 radical (unpaired) electrons. The molecule has 7 rings (SSSR count). The minimum Gasteiger partial charge on any atom is -0.300 e. The number of nitrogens with zero attached hydrogens (tertiary/aromatic N) is 3. The fourth-order valence-electron chi connectivity index (χ4n) is 5.02. The van der Waals surface area contributed by atoms with Gasteiger partial charge in [0.15, 0.2) is 11.7 Å². The smallest absolute Gasteiger partial charge is 0.163 e. The van der Waals surface area contributed by atoms with E-state index in [1.165, 1.54) is 30.9 Å². The summed E-state index contributed by atoms with van der Waals surface area (Å²) in [5.74, 6) is 0.670. The van der Waals surface area contributed by atoms with Gasteiger partial charge >= 0.3 is 0 Å². The number of amidine groups is 2. The number of para-hydroxylation sites is 1. The Balaban J connectivity index is 1.43. The van der Waals surface area contributed by atoms with Crippen molar-refractivity contribution in [3.05, 3.63) is 132 Å². The van der Waals surface area contributed by atoms with Crippen molar-refractivity contribution in [1.29, 1.82) is 5.41 Å². The predicted molar refractivity (Wildman–Crippen MR) is 162 cm³/mol. The highest BCUT2D eigenvalue weighted by molar-refractivity contribution is 7.26. The van der Waals surface area contributed by atoms with Crippen LogP contribution in [0.25, 0.3) is 42.0 Å². The normalized spacial score (nSPS) is 12.4. The van der Waals surface area contributed by atoms with Crippen LogP contribution in [0.4, 0.5) is 0 Å². The number of aromatic nitrogens is 1. The molecule has 2 aromatic heterocycles. The van der Waals surface area contributed by atoms with E-state index in [1.54, 1.807) is 0 Å². The van der Waals surface area contributed by atoms with E-state index >= 15 is 0 Å². The van der Waals surface area contributed by atoms with Crippen LogP contribution in [-0.2, 0) is 0 Å². The number of hydrogen-bond acceptors (Lipinski definition) is 2. The molecule has 0 unspecified atom stereocenters. The Hall–Kier alpha value is -4.87. The van der Waals surface area contributed by atoms with Gasteiger partial charge in [0, 0.05) is 42.1 Å². The summed E-state index contributed by atoms with van der Waals surface area (Å²) in [6.07, 6.45) is 1.84. The standard InChI is InChI=1S/C33H22N4S/c34-32(22-11-3-1-4-12-22)36-33(23-13-5-2-6-14-23)35-21-37-27-17-9-7-16-26(27)30-28(37)20-19-25-24-15-8-10-18-29(24)38-31(25)30/h1-21,34H. The molecule has 0 atom stereocenters. The Morgan fingerprint density at radius 1 is 0.632 bits per heavy atom. The first-order chi connectivity index (χ1) is 18.8. The van der Waals surface area contributed by atoms with E-state index < -0.39 is 0 Å². The van der Waals surface area contributed by atoms with E-state index in [4.69, 9.17) is 10.4 Å². The number of benzene rings is 5. The van der Waals surface area contributed by atoms with Crippen molar-refractivity contribution >= 4 is 71.3 Å². The predicted octanol–water partition coefficient (Wildman–Crippen LogP) is 8.51. The van der Waals surface area contributed by atoms with Crippen LogP contribution in [-0.4, -0.2) is 22.6 Å². The third-order valence-electron chi connectivity index (χ3n) is 6.81. The van der Waals surface area contributed by atoms with Crippen molar-refractivity contribution in [2.24, 2.45) is 9.98 Å². The van der Waals surface area contributed by atoms with Gasteiger partial charge in [-0.05, 0) is 18.2 Å². The fourth-order valence-corrected chi connectivity index (χ4v) is 6.28. The lowest BCUT2D eigenvalue weighted by molar-refractivity contribution is 1.31. The van der Waals surface area contributed by atoms with Gasteiger partial charge in [-0.2, -0.15) is 0 Å². The minimum atomic E-state index is 0.177. The summed E-state index contributed by atoms with van der Waals surface area (Å²) in [5.41, 5.74) is 3.79. The Bertz CT molecular complexity index is 2030. The van der Waals surface area contributed by atoms with Gasteiger partial charge in [-0.25, -0.2) is 9.98 Å². The molecule has 38 heavy (non-hydrogen) atoms. The maximum absolute atomic E-state index is 8.60. The first-order valence-corrected chi connectivity index (χ1v) is 13.2. The number of nitrogens with one attached hydrogen (secondary N) is 1. The van der Waals surface area contributed by atoms with E-state index in [1.807, 2.05) is 78.3 Å². The SMILES string of the molecule is N=C(N=C(N=Cn1c2ccccc2c2c3sc4ccccc4c3ccc21)c1ccccc1)c1ccccc1. The second-order valence-corrected chi connectivity index (χ2v) is 10.1. The average molecular weight is 507 g/mol. The molecule has 0 saturated carbocycles. The van der Waals surface area contributed by atoms with Gasteiger partial charge in [0.25, 0.3) is 0 Å². The second-order valence-electron chi connectivity index (χ2n) is 9.08. The topological polar surface area (TPSA) is 53.5 Å². The van der Waals surface area contributed by atoms with Gasteiger partial charge in [0.2, 0.25) is 0 Å². The monoisotopic (exact) mass is 506 g/mol. The molecule has 0 aliphatic rings. The van der Waals surface area contributed by atoms with Gasteiger partial charge in [-0.15, -0.1) is 11.3 Å². The van der Waals surface area contributed by atoms with Crippen LogP contribution in [0.1, 0.15) is 11.1 Å². The molecule has 5 aromatic carbocycles. The van der Waals surface area contributed by atoms with E-state index in [0.29, 0.717) is 5.84 Å². The molecule has 180 valence electrons. The molecule has 0 aliphatic carbocycles. The lowest BCUT2D eigenvalue weighted by Gasteiger charge is -2.05. The summed E-state index contributed by atoms with van der Waals surface area (Å²) >= 11 is 1.84. The third-order valence-corrected chi connectivity index (χ3v) is 8.01. The van der Waals surface area contributed by atoms with Crippen molar-refractivity contribution in [2.45, 2.75) is 0 Å². The number of thiophene rings is 1. The van der Waals surface area contributed by atoms with Crippen LogP contribution >= 0.6 is 11.3 Å². The van der Waals surface area contributed by atoms with Gasteiger partial charge < -0.3 is 0 Å². The zero-order valence-electron chi connectivity index (χ0n) is 20.4. The first kappa shape index (κ1) is 22.3. The van der Waals surface area contributed by atoms with Crippen molar-refractivity contribution < 1.29 is 0 Å². The van der Waals surface area contributed by atoms with Crippen LogP contribution in [0.5, 0.6) is 0 Å². The number of hydrogen-bond donors (Lipinski definition) is 1. The lowest BCUT2D eigenvalue weighted by atomic mass is 10.1. The third kappa shape index (κ3) is 3.72. The largest absolute Gasteiger partial charge is 0.300 e. The van der Waals surface area contributed by atoms with E-state index in [-0.39, 0.29) is 5.84 Å². The second kappa shape index (κ2) is 9.21. The first-order valence-electron chi connectivity index (χ1n) is 12.4. The summed E-state index contributed by atoms with van der Waals surface area (Å²) in [6.45, 7) is 0. The Labute approximate surface area is 223 Å². The molecule has 7 aromatic rings. The minimum absolute atomic E-state index is 0.177. The molecule has 5 heteroatoms. The molecule has 0 fully saturated rings. The molecule has 0 spiro atoms. The molecule has 0 bridgehead atoms. The van der Waals surface area contributed by atoms with Gasteiger partial charge in [-0.1, -0.05) is 103 Å². The van der Waals surface area contributed by atoms with Crippen LogP contribution < -0.4 is 0 Å². The fraction of sp³-hybridized carbons (Fsp3) is 0. The molecular formula is C33H22N4S. The summed E-state index contributed by atoms with van der Waals surface area (Å²) in [4.78, 5) is 9.52. The Kier molecular flexibility index (Phi) is 5.42. The average Bonchev–Trinajstić information content (AvgIpc) is 3.51. The van der Waals surface area contributed by atoms with Crippen LogP contribution in [0.15, 0.2) is 131 Å². The zero-order valence-corrected chi connectivity index (χ0v) is 21.2. The number of fused-ring (bicyclic) bond motifs is 7. The van der Waals surface area contributed by atoms with Crippen molar-refractivity contribution in [2.75, 3.05) is 0 Å². The Morgan fingerprint density at radius 2 is 1.29 bits per heavy atom. The Morgan fingerprint density at radius 3 is 2.08 bits per heavy atom. The molecular weight excluding hydrogens is 484 g/mol. The number of rotatable bonds is 3. The highest BCUT2D eigenvalue weighted by Crippen LogP contribution is 2.41. The van der Waals surface area contributed by atoms with E-state index in [9.17, 15) is 0 Å². The summed E-state index contributed by atoms with van der Waals surface area (Å²) in [7, 11) is 0. The van der Waals surface area contributed by atoms with Gasteiger partial charge in [-0.3, -0.25) is 9.98 Å². The molecule has 4 nitrogen and oxygen atoms in total. The highest BCUT2D eigenvalue weighted by atomic mass is 32.1. The quantitative estimate of drug-likeness (QED) is 0.184. The zero-order chi connectivity index (χ0) is 25.5. The maximum atomic E-state index is 8.60. The summed E-state index contributed by atoms with van der Waals surface area (Å²) < 4.78 is 4.72. The number of aliphatic imine (C=N–C) groups is 2.